The molecule has 2 aromatic carbocycles. The van der Waals surface area contributed by atoms with Crippen LogP contribution in [0.25, 0.3) is 0 Å². The highest BCUT2D eigenvalue weighted by molar-refractivity contribution is 7.89. The molecular weight excluding hydrogens is 482 g/mol. The second-order valence-corrected chi connectivity index (χ2v) is 9.67. The fraction of sp³-hybridized carbons (Fsp3) is 0.333. The van der Waals surface area contributed by atoms with Crippen molar-refractivity contribution in [1.82, 2.24) is 4.31 Å². The second-order valence-electron chi connectivity index (χ2n) is 6.20. The van der Waals surface area contributed by atoms with E-state index in [2.05, 4.69) is 0 Å². The molecule has 1 aliphatic rings. The van der Waals surface area contributed by atoms with Gasteiger partial charge in [-0.05, 0) is 24.3 Å². The molecule has 158 valence electrons. The minimum Gasteiger partial charge on any atom is -0.494 e. The molecule has 1 aliphatic heterocycles. The Kier molecular flexibility index (Phi) is 6.98. The largest absolute Gasteiger partial charge is 0.494 e. The Hall–Kier alpha value is -1.09. The van der Waals surface area contributed by atoms with E-state index >= 15 is 0 Å². The lowest BCUT2D eigenvalue weighted by molar-refractivity contribution is 0.370. The Morgan fingerprint density at radius 1 is 0.793 bits per heavy atom. The first-order chi connectivity index (χ1) is 13.7. The maximum atomic E-state index is 13.2. The first kappa shape index (κ1) is 22.6. The van der Waals surface area contributed by atoms with Crippen molar-refractivity contribution in [2.24, 2.45) is 0 Å². The first-order valence-corrected chi connectivity index (χ1v) is 11.5. The standard InChI is InChI=1S/C18H18Cl4N2O4S/c1-27-17-13(5-3-11(19)15(17)21)23-7-9-24(10-8-23)29(25,26)14-6-4-12(20)16(22)18(14)28-2/h3-6H,7-10H2,1-2H3. The highest BCUT2D eigenvalue weighted by Crippen LogP contribution is 2.41. The summed E-state index contributed by atoms with van der Waals surface area (Å²) < 4.78 is 38.3. The van der Waals surface area contributed by atoms with Crippen LogP contribution in [0.3, 0.4) is 0 Å². The van der Waals surface area contributed by atoms with Gasteiger partial charge in [-0.25, -0.2) is 8.42 Å². The van der Waals surface area contributed by atoms with Crippen LogP contribution in [-0.2, 0) is 10.0 Å². The Labute approximate surface area is 189 Å². The molecule has 0 radical (unpaired) electrons. The van der Waals surface area contributed by atoms with Gasteiger partial charge in [-0.3, -0.25) is 0 Å². The van der Waals surface area contributed by atoms with E-state index in [1.807, 2.05) is 4.90 Å². The van der Waals surface area contributed by atoms with E-state index in [1.54, 1.807) is 12.1 Å². The average molecular weight is 500 g/mol. The summed E-state index contributed by atoms with van der Waals surface area (Å²) in [5, 5.41) is 0.996. The minimum absolute atomic E-state index is 0.0185. The van der Waals surface area contributed by atoms with Gasteiger partial charge in [-0.1, -0.05) is 46.4 Å². The van der Waals surface area contributed by atoms with Gasteiger partial charge < -0.3 is 14.4 Å². The molecule has 0 saturated carbocycles. The molecule has 0 aliphatic carbocycles. The number of rotatable bonds is 5. The summed E-state index contributed by atoms with van der Waals surface area (Å²) in [6, 6.07) is 6.33. The van der Waals surface area contributed by atoms with Crippen LogP contribution in [0.1, 0.15) is 0 Å². The molecular formula is C18H18Cl4N2O4S. The molecule has 1 fully saturated rings. The summed E-state index contributed by atoms with van der Waals surface area (Å²) in [5.74, 6) is 0.495. The van der Waals surface area contributed by atoms with Crippen molar-refractivity contribution in [3.63, 3.8) is 0 Å². The van der Waals surface area contributed by atoms with Crippen molar-refractivity contribution in [1.29, 1.82) is 0 Å². The van der Waals surface area contributed by atoms with Crippen molar-refractivity contribution >= 4 is 62.1 Å². The quantitative estimate of drug-likeness (QED) is 0.589. The minimum atomic E-state index is -3.82. The molecule has 0 unspecified atom stereocenters. The van der Waals surface area contributed by atoms with Gasteiger partial charge in [0.2, 0.25) is 10.0 Å². The van der Waals surface area contributed by atoms with E-state index in [-0.39, 0.29) is 33.8 Å². The van der Waals surface area contributed by atoms with Gasteiger partial charge in [0, 0.05) is 26.2 Å². The van der Waals surface area contributed by atoms with Crippen LogP contribution < -0.4 is 14.4 Å². The molecule has 11 heteroatoms. The number of anilines is 1. The summed E-state index contributed by atoms with van der Waals surface area (Å²) in [4.78, 5) is 1.98. The number of nitrogens with zero attached hydrogens (tertiary/aromatic N) is 2. The zero-order valence-corrected chi connectivity index (χ0v) is 19.4. The number of hydrogen-bond acceptors (Lipinski definition) is 5. The topological polar surface area (TPSA) is 59.1 Å². The number of methoxy groups -OCH3 is 2. The van der Waals surface area contributed by atoms with E-state index in [0.717, 1.165) is 5.69 Å². The predicted octanol–water partition coefficient (Wildman–Crippen LogP) is 4.83. The van der Waals surface area contributed by atoms with Crippen LogP contribution in [0.5, 0.6) is 11.5 Å². The lowest BCUT2D eigenvalue weighted by Gasteiger charge is -2.36. The predicted molar refractivity (Wildman–Crippen MR) is 117 cm³/mol. The third-order valence-electron chi connectivity index (χ3n) is 4.65. The zero-order valence-electron chi connectivity index (χ0n) is 15.6. The smallest absolute Gasteiger partial charge is 0.246 e. The van der Waals surface area contributed by atoms with Gasteiger partial charge in [-0.2, -0.15) is 4.31 Å². The Morgan fingerprint density at radius 2 is 1.31 bits per heavy atom. The molecule has 29 heavy (non-hydrogen) atoms. The summed E-state index contributed by atoms with van der Waals surface area (Å²) in [6.07, 6.45) is 0. The Bertz CT molecular complexity index is 1030. The van der Waals surface area contributed by atoms with Crippen molar-refractivity contribution < 1.29 is 17.9 Å². The van der Waals surface area contributed by atoms with Gasteiger partial charge in [0.05, 0.1) is 30.0 Å². The van der Waals surface area contributed by atoms with Crippen molar-refractivity contribution in [3.8, 4) is 11.5 Å². The van der Waals surface area contributed by atoms with E-state index in [9.17, 15) is 8.42 Å². The SMILES string of the molecule is COc1c(N2CCN(S(=O)(=O)c3ccc(Cl)c(Cl)c3OC)CC2)ccc(Cl)c1Cl. The summed E-state index contributed by atoms with van der Waals surface area (Å²) in [6.45, 7) is 1.40. The number of halogens is 4. The molecule has 2 aromatic rings. The van der Waals surface area contributed by atoms with Crippen molar-refractivity contribution in [3.05, 3.63) is 44.4 Å². The summed E-state index contributed by atoms with van der Waals surface area (Å²) in [5.41, 5.74) is 0.756. The third-order valence-corrected chi connectivity index (χ3v) is 8.14. The second kappa shape index (κ2) is 8.96. The maximum Gasteiger partial charge on any atom is 0.246 e. The van der Waals surface area contributed by atoms with Crippen molar-refractivity contribution in [2.75, 3.05) is 45.3 Å². The lowest BCUT2D eigenvalue weighted by atomic mass is 10.2. The summed E-state index contributed by atoms with van der Waals surface area (Å²) in [7, 11) is -0.956. The molecule has 0 aromatic heterocycles. The van der Waals surface area contributed by atoms with Crippen LogP contribution >= 0.6 is 46.4 Å². The van der Waals surface area contributed by atoms with Gasteiger partial charge in [0.25, 0.3) is 0 Å². The van der Waals surface area contributed by atoms with Crippen LogP contribution in [0.2, 0.25) is 20.1 Å². The number of piperazine rings is 1. The normalized spacial score (nSPS) is 15.4. The third kappa shape index (κ3) is 4.22. The Morgan fingerprint density at radius 3 is 1.86 bits per heavy atom. The van der Waals surface area contributed by atoms with Gasteiger partial charge in [0.15, 0.2) is 11.5 Å². The zero-order chi connectivity index (χ0) is 21.3. The van der Waals surface area contributed by atoms with Gasteiger partial charge >= 0.3 is 0 Å². The number of ether oxygens (including phenoxy) is 2. The molecule has 3 rings (SSSR count). The molecule has 1 saturated heterocycles. The van der Waals surface area contributed by atoms with E-state index in [4.69, 9.17) is 55.9 Å². The van der Waals surface area contributed by atoms with Crippen LogP contribution in [0.15, 0.2) is 29.2 Å². The number of hydrogen-bond donors (Lipinski definition) is 0. The molecule has 0 N–H and O–H groups in total. The highest BCUT2D eigenvalue weighted by atomic mass is 35.5. The van der Waals surface area contributed by atoms with Gasteiger partial charge in [-0.15, -0.1) is 0 Å². The lowest BCUT2D eigenvalue weighted by Crippen LogP contribution is -2.48. The molecule has 6 nitrogen and oxygen atoms in total. The van der Waals surface area contributed by atoms with E-state index < -0.39 is 10.0 Å². The maximum absolute atomic E-state index is 13.2. The number of benzene rings is 2. The summed E-state index contributed by atoms with van der Waals surface area (Å²) >= 11 is 24.4. The van der Waals surface area contributed by atoms with Crippen LogP contribution in [-0.4, -0.2) is 53.1 Å². The monoisotopic (exact) mass is 498 g/mol. The van der Waals surface area contributed by atoms with E-state index in [0.29, 0.717) is 28.9 Å². The molecule has 0 bridgehead atoms. The average Bonchev–Trinajstić information content (AvgIpc) is 2.71. The molecule has 1 heterocycles. The van der Waals surface area contributed by atoms with Crippen LogP contribution in [0.4, 0.5) is 5.69 Å². The van der Waals surface area contributed by atoms with Crippen LogP contribution in [0, 0.1) is 0 Å². The number of sulfonamides is 1. The first-order valence-electron chi connectivity index (χ1n) is 8.51. The molecule has 0 atom stereocenters. The van der Waals surface area contributed by atoms with Gasteiger partial charge in [0.1, 0.15) is 14.9 Å². The Balaban J connectivity index is 1.85. The fourth-order valence-electron chi connectivity index (χ4n) is 3.18. The van der Waals surface area contributed by atoms with Crippen molar-refractivity contribution in [2.45, 2.75) is 4.90 Å². The molecule has 0 amide bonds. The molecule has 0 spiro atoms. The van der Waals surface area contributed by atoms with E-state index in [1.165, 1.54) is 30.7 Å². The highest BCUT2D eigenvalue weighted by Gasteiger charge is 2.33. The fourth-order valence-corrected chi connectivity index (χ4v) is 5.60.